The molecule has 3 rings (SSSR count). The number of nitrogens with one attached hydrogen (secondary N) is 2. The molecule has 1 aliphatic heterocycles. The van der Waals surface area contributed by atoms with Crippen molar-refractivity contribution in [2.75, 3.05) is 0 Å². The van der Waals surface area contributed by atoms with E-state index in [1.54, 1.807) is 17.1 Å². The second-order valence-electron chi connectivity index (χ2n) is 5.44. The molecule has 0 radical (unpaired) electrons. The third-order valence-corrected chi connectivity index (χ3v) is 3.74. The normalized spacial score (nSPS) is 15.7. The first-order valence-corrected chi connectivity index (χ1v) is 7.38. The van der Waals surface area contributed by atoms with Gasteiger partial charge in [0.1, 0.15) is 6.07 Å². The number of aromatic nitrogens is 3. The molecule has 2 aromatic rings. The number of hydrogen-bond donors (Lipinski definition) is 2. The first kappa shape index (κ1) is 15.4. The van der Waals surface area contributed by atoms with E-state index in [1.807, 2.05) is 44.6 Å². The minimum absolute atomic E-state index is 0.267. The molecule has 0 saturated heterocycles. The van der Waals surface area contributed by atoms with Crippen molar-refractivity contribution < 1.29 is 0 Å². The van der Waals surface area contributed by atoms with Crippen molar-refractivity contribution in [3.05, 3.63) is 71.1 Å². The molecule has 6 nitrogen and oxygen atoms in total. The monoisotopic (exact) mass is 316 g/mol. The summed E-state index contributed by atoms with van der Waals surface area (Å²) >= 11 is 0. The van der Waals surface area contributed by atoms with Crippen LogP contribution in [-0.2, 0) is 7.05 Å². The van der Waals surface area contributed by atoms with E-state index in [0.29, 0.717) is 5.70 Å². The smallest absolute Gasteiger partial charge is 0.103 e. The number of hydrogen-bond acceptors (Lipinski definition) is 5. The topological polar surface area (TPSA) is 90.4 Å². The van der Waals surface area contributed by atoms with Gasteiger partial charge in [0, 0.05) is 59.8 Å². The Kier molecular flexibility index (Phi) is 4.08. The zero-order valence-corrected chi connectivity index (χ0v) is 13.4. The van der Waals surface area contributed by atoms with Gasteiger partial charge in [-0.25, -0.2) is 0 Å². The fourth-order valence-corrected chi connectivity index (χ4v) is 2.47. The lowest BCUT2D eigenvalue weighted by Crippen LogP contribution is -2.15. The maximum absolute atomic E-state index is 9.30. The number of rotatable bonds is 3. The maximum Gasteiger partial charge on any atom is 0.103 e. The first-order chi connectivity index (χ1) is 11.6. The van der Waals surface area contributed by atoms with Crippen LogP contribution in [0.2, 0.25) is 0 Å². The van der Waals surface area contributed by atoms with Crippen molar-refractivity contribution >= 4 is 17.4 Å². The molecule has 2 aromatic heterocycles. The quantitative estimate of drug-likeness (QED) is 0.672. The highest BCUT2D eigenvalue weighted by Crippen LogP contribution is 2.31. The lowest BCUT2D eigenvalue weighted by atomic mass is 9.94. The molecule has 24 heavy (non-hydrogen) atoms. The average molecular weight is 316 g/mol. The highest BCUT2D eigenvalue weighted by Gasteiger charge is 2.18. The van der Waals surface area contributed by atoms with Crippen LogP contribution in [0.1, 0.15) is 16.8 Å². The fraction of sp³-hybridized carbons (Fsp3) is 0.111. The summed E-state index contributed by atoms with van der Waals surface area (Å²) in [6, 6.07) is 5.94. The van der Waals surface area contributed by atoms with Gasteiger partial charge >= 0.3 is 0 Å². The van der Waals surface area contributed by atoms with E-state index in [-0.39, 0.29) is 5.57 Å². The predicted molar refractivity (Wildman–Crippen MR) is 92.7 cm³/mol. The van der Waals surface area contributed by atoms with Crippen molar-refractivity contribution in [1.29, 1.82) is 10.7 Å². The molecule has 2 N–H and O–H groups in total. The number of dihydropyridines is 1. The highest BCUT2D eigenvalue weighted by atomic mass is 15.2. The SMILES string of the molecule is Cc1ccc(C2=CC(c3cnn(C)c3)=CN/C2=C(/C#N)C=N)cn1. The molecule has 0 saturated carbocycles. The molecule has 0 bridgehead atoms. The maximum atomic E-state index is 9.30. The van der Waals surface area contributed by atoms with Crippen molar-refractivity contribution in [2.45, 2.75) is 6.92 Å². The summed E-state index contributed by atoms with van der Waals surface area (Å²) in [6.45, 7) is 1.92. The minimum atomic E-state index is 0.267. The first-order valence-electron chi connectivity index (χ1n) is 7.38. The molecule has 6 heteroatoms. The molecule has 1 aliphatic rings. The third-order valence-electron chi connectivity index (χ3n) is 3.74. The Morgan fingerprint density at radius 3 is 2.75 bits per heavy atom. The molecule has 0 spiro atoms. The summed E-state index contributed by atoms with van der Waals surface area (Å²) in [5.41, 5.74) is 5.41. The van der Waals surface area contributed by atoms with Gasteiger partial charge in [-0.15, -0.1) is 0 Å². The number of aryl methyl sites for hydroxylation is 2. The van der Waals surface area contributed by atoms with E-state index in [2.05, 4.69) is 21.5 Å². The Hall–Kier alpha value is -3.46. The molecular weight excluding hydrogens is 300 g/mol. The summed E-state index contributed by atoms with van der Waals surface area (Å²) in [5.74, 6) is 0. The Balaban J connectivity index is 2.14. The van der Waals surface area contributed by atoms with E-state index in [0.717, 1.165) is 34.2 Å². The van der Waals surface area contributed by atoms with Crippen molar-refractivity contribution in [2.24, 2.45) is 7.05 Å². The molecule has 3 heterocycles. The van der Waals surface area contributed by atoms with Gasteiger partial charge < -0.3 is 10.7 Å². The molecule has 0 amide bonds. The Bertz CT molecular complexity index is 919. The van der Waals surface area contributed by atoms with Crippen LogP contribution < -0.4 is 5.32 Å². The fourth-order valence-electron chi connectivity index (χ4n) is 2.47. The lowest BCUT2D eigenvalue weighted by molar-refractivity contribution is 0.767. The number of pyridine rings is 1. The van der Waals surface area contributed by atoms with Crippen LogP contribution in [0.4, 0.5) is 0 Å². The molecule has 118 valence electrons. The van der Waals surface area contributed by atoms with E-state index in [4.69, 9.17) is 5.41 Å². The van der Waals surface area contributed by atoms with Crippen molar-refractivity contribution in [3.63, 3.8) is 0 Å². The van der Waals surface area contributed by atoms with Crippen LogP contribution in [0.3, 0.4) is 0 Å². The summed E-state index contributed by atoms with van der Waals surface area (Å²) in [6.07, 6.45) is 10.3. The van der Waals surface area contributed by atoms with Gasteiger partial charge in [-0.05, 0) is 19.1 Å². The Morgan fingerprint density at radius 2 is 2.17 bits per heavy atom. The zero-order valence-electron chi connectivity index (χ0n) is 13.4. The predicted octanol–water partition coefficient (Wildman–Crippen LogP) is 2.58. The van der Waals surface area contributed by atoms with E-state index in [9.17, 15) is 5.26 Å². The van der Waals surface area contributed by atoms with Crippen molar-refractivity contribution in [1.82, 2.24) is 20.1 Å². The van der Waals surface area contributed by atoms with Gasteiger partial charge in [-0.2, -0.15) is 10.4 Å². The summed E-state index contributed by atoms with van der Waals surface area (Å²) in [7, 11) is 1.86. The Morgan fingerprint density at radius 1 is 1.33 bits per heavy atom. The van der Waals surface area contributed by atoms with Crippen LogP contribution in [-0.4, -0.2) is 21.0 Å². The highest BCUT2D eigenvalue weighted by molar-refractivity contribution is 5.97. The molecule has 0 fully saturated rings. The second-order valence-corrected chi connectivity index (χ2v) is 5.44. The Labute approximate surface area is 140 Å². The average Bonchev–Trinajstić information content (AvgIpc) is 3.03. The van der Waals surface area contributed by atoms with Gasteiger partial charge in [0.2, 0.25) is 0 Å². The summed E-state index contributed by atoms with van der Waals surface area (Å²) in [5, 5.41) is 24.1. The van der Waals surface area contributed by atoms with Gasteiger partial charge in [-0.3, -0.25) is 9.67 Å². The number of nitrogens with zero attached hydrogens (tertiary/aromatic N) is 4. The second kappa shape index (κ2) is 6.34. The van der Waals surface area contributed by atoms with E-state index in [1.165, 1.54) is 0 Å². The van der Waals surface area contributed by atoms with E-state index < -0.39 is 0 Å². The molecule has 0 aliphatic carbocycles. The van der Waals surface area contributed by atoms with Gasteiger partial charge in [-0.1, -0.05) is 6.07 Å². The van der Waals surface area contributed by atoms with Crippen LogP contribution in [0.5, 0.6) is 0 Å². The van der Waals surface area contributed by atoms with Crippen LogP contribution in [0, 0.1) is 23.7 Å². The number of nitriles is 1. The van der Waals surface area contributed by atoms with Gasteiger partial charge in [0.25, 0.3) is 0 Å². The molecule has 0 atom stereocenters. The minimum Gasteiger partial charge on any atom is -0.359 e. The number of allylic oxidation sites excluding steroid dienone is 4. The van der Waals surface area contributed by atoms with Gasteiger partial charge in [0.15, 0.2) is 0 Å². The van der Waals surface area contributed by atoms with Crippen LogP contribution >= 0.6 is 0 Å². The summed E-state index contributed by atoms with van der Waals surface area (Å²) < 4.78 is 1.74. The standard InChI is InChI=1S/C18H16N6/c1-12-3-4-13(8-21-12)17-5-14(16-10-23-24(2)11-16)9-22-18(17)15(6-19)7-20/h3-6,8-11,19,22H,1-2H3/b18-15+,19-6?. The zero-order chi connectivity index (χ0) is 17.1. The molecular formula is C18H16N6. The van der Waals surface area contributed by atoms with Gasteiger partial charge in [0.05, 0.1) is 17.5 Å². The van der Waals surface area contributed by atoms with E-state index >= 15 is 0 Å². The van der Waals surface area contributed by atoms with Crippen LogP contribution in [0.25, 0.3) is 11.1 Å². The molecule has 0 unspecified atom stereocenters. The largest absolute Gasteiger partial charge is 0.359 e. The van der Waals surface area contributed by atoms with Crippen LogP contribution in [0.15, 0.2) is 54.3 Å². The molecule has 0 aromatic carbocycles. The lowest BCUT2D eigenvalue weighted by Gasteiger charge is -2.19. The van der Waals surface area contributed by atoms with Crippen molar-refractivity contribution in [3.8, 4) is 6.07 Å². The summed E-state index contributed by atoms with van der Waals surface area (Å²) in [4.78, 5) is 4.33. The third kappa shape index (κ3) is 2.88.